The van der Waals surface area contributed by atoms with Gasteiger partial charge in [-0.2, -0.15) is 0 Å². The van der Waals surface area contributed by atoms with Gasteiger partial charge in [0.15, 0.2) is 5.16 Å². The number of amides is 1. The maximum Gasteiger partial charge on any atom is 0.262 e. The van der Waals surface area contributed by atoms with E-state index in [1.807, 2.05) is 25.1 Å². The van der Waals surface area contributed by atoms with Gasteiger partial charge in [-0.3, -0.25) is 14.2 Å². The smallest absolute Gasteiger partial charge is 0.262 e. The molecule has 1 aliphatic carbocycles. The summed E-state index contributed by atoms with van der Waals surface area (Å²) in [6.45, 7) is 3.08. The minimum absolute atomic E-state index is 0.0103. The zero-order chi connectivity index (χ0) is 19.9. The molecule has 2 aromatic rings. The zero-order valence-corrected chi connectivity index (χ0v) is 17.5. The van der Waals surface area contributed by atoms with Crippen molar-refractivity contribution in [2.24, 2.45) is 5.92 Å². The van der Waals surface area contributed by atoms with Crippen LogP contribution in [0.5, 0.6) is 0 Å². The molecule has 1 aromatic heterocycles. The van der Waals surface area contributed by atoms with E-state index in [0.29, 0.717) is 28.6 Å². The minimum Gasteiger partial charge on any atom is -0.383 e. The third kappa shape index (κ3) is 5.14. The summed E-state index contributed by atoms with van der Waals surface area (Å²) in [4.78, 5) is 30.0. The first-order valence-electron chi connectivity index (χ1n) is 10.00. The second kappa shape index (κ2) is 10.1. The first-order valence-corrected chi connectivity index (χ1v) is 11.0. The molecule has 1 N–H and O–H groups in total. The molecule has 3 rings (SSSR count). The molecule has 1 saturated carbocycles. The molecule has 0 spiro atoms. The molecule has 1 atom stereocenters. The number of benzene rings is 1. The number of ether oxygens (including phenoxy) is 1. The summed E-state index contributed by atoms with van der Waals surface area (Å²) in [5.41, 5.74) is 0.554. The van der Waals surface area contributed by atoms with E-state index < -0.39 is 0 Å². The Balaban J connectivity index is 1.72. The van der Waals surface area contributed by atoms with Crippen molar-refractivity contribution in [3.8, 4) is 0 Å². The Morgan fingerprint density at radius 1 is 1.32 bits per heavy atom. The highest BCUT2D eigenvalue weighted by molar-refractivity contribution is 7.99. The highest BCUT2D eigenvalue weighted by Crippen LogP contribution is 2.23. The molecule has 7 heteroatoms. The monoisotopic (exact) mass is 403 g/mol. The average Bonchev–Trinajstić information content (AvgIpc) is 2.71. The molecular formula is C21H29N3O3S. The Hall–Kier alpha value is -1.86. The summed E-state index contributed by atoms with van der Waals surface area (Å²) in [5.74, 6) is 0.835. The number of hydrogen-bond acceptors (Lipinski definition) is 5. The normalized spacial score (nSPS) is 16.2. The number of carbonyl (C=O) groups excluding carboxylic acids is 1. The van der Waals surface area contributed by atoms with Crippen LogP contribution < -0.4 is 10.9 Å². The summed E-state index contributed by atoms with van der Waals surface area (Å²) in [6, 6.07) is 7.15. The summed E-state index contributed by atoms with van der Waals surface area (Å²) >= 11 is 1.31. The fourth-order valence-electron chi connectivity index (χ4n) is 3.76. The number of hydrogen-bond donors (Lipinski definition) is 1. The van der Waals surface area contributed by atoms with Crippen molar-refractivity contribution in [2.75, 3.05) is 26.0 Å². The molecule has 6 nitrogen and oxygen atoms in total. The van der Waals surface area contributed by atoms with Crippen molar-refractivity contribution >= 4 is 28.6 Å². The molecule has 0 aliphatic heterocycles. The number of fused-ring (bicyclic) bond motifs is 1. The van der Waals surface area contributed by atoms with Gasteiger partial charge in [0, 0.05) is 13.7 Å². The third-order valence-corrected chi connectivity index (χ3v) is 6.22. The van der Waals surface area contributed by atoms with E-state index in [9.17, 15) is 9.59 Å². The summed E-state index contributed by atoms with van der Waals surface area (Å²) in [6.07, 6.45) is 6.24. The van der Waals surface area contributed by atoms with Crippen molar-refractivity contribution in [3.05, 3.63) is 34.6 Å². The highest BCUT2D eigenvalue weighted by atomic mass is 32.2. The molecule has 1 heterocycles. The fraction of sp³-hybridized carbons (Fsp3) is 0.571. The Morgan fingerprint density at radius 2 is 2.07 bits per heavy atom. The zero-order valence-electron chi connectivity index (χ0n) is 16.6. The van der Waals surface area contributed by atoms with E-state index in [1.54, 1.807) is 17.7 Å². The van der Waals surface area contributed by atoms with Crippen LogP contribution in [0.3, 0.4) is 0 Å². The average molecular weight is 404 g/mol. The van der Waals surface area contributed by atoms with Crippen molar-refractivity contribution in [3.63, 3.8) is 0 Å². The molecule has 152 valence electrons. The maximum atomic E-state index is 13.0. The predicted octanol–water partition coefficient (Wildman–Crippen LogP) is 3.39. The maximum absolute atomic E-state index is 13.0. The van der Waals surface area contributed by atoms with Gasteiger partial charge >= 0.3 is 0 Å². The molecule has 1 aromatic carbocycles. The lowest BCUT2D eigenvalue weighted by Gasteiger charge is -2.22. The summed E-state index contributed by atoms with van der Waals surface area (Å²) in [7, 11) is 1.61. The van der Waals surface area contributed by atoms with Gasteiger partial charge in [-0.1, -0.05) is 43.2 Å². The lowest BCUT2D eigenvalue weighted by molar-refractivity contribution is -0.118. The molecule has 28 heavy (non-hydrogen) atoms. The van der Waals surface area contributed by atoms with Crippen LogP contribution >= 0.6 is 11.8 Å². The van der Waals surface area contributed by atoms with Crippen LogP contribution in [0.15, 0.2) is 34.2 Å². The van der Waals surface area contributed by atoms with E-state index in [0.717, 1.165) is 6.54 Å². The second-order valence-corrected chi connectivity index (χ2v) is 8.43. The van der Waals surface area contributed by atoms with Crippen LogP contribution in [0.4, 0.5) is 0 Å². The number of carbonyl (C=O) groups is 1. The summed E-state index contributed by atoms with van der Waals surface area (Å²) < 4.78 is 6.88. The first kappa shape index (κ1) is 20.9. The largest absolute Gasteiger partial charge is 0.383 e. The SMILES string of the molecule is COC[C@H](C)n1c(SCC(=O)NCC2CCCCC2)nc2ccccc2c1=O. The quantitative estimate of drug-likeness (QED) is 0.540. The van der Waals surface area contributed by atoms with Crippen LogP contribution in [0, 0.1) is 5.92 Å². The molecule has 1 aliphatic rings. The van der Waals surface area contributed by atoms with Gasteiger partial charge in [0.1, 0.15) is 0 Å². The predicted molar refractivity (Wildman–Crippen MR) is 113 cm³/mol. The van der Waals surface area contributed by atoms with Crippen molar-refractivity contribution in [1.29, 1.82) is 0 Å². The second-order valence-electron chi connectivity index (χ2n) is 7.49. The Bertz CT molecular complexity index is 862. The van der Waals surface area contributed by atoms with Crippen LogP contribution in [0.2, 0.25) is 0 Å². The van der Waals surface area contributed by atoms with Crippen LogP contribution in [0.25, 0.3) is 10.9 Å². The molecule has 1 fully saturated rings. The Labute approximate surface area is 170 Å². The topological polar surface area (TPSA) is 73.2 Å². The Morgan fingerprint density at radius 3 is 2.82 bits per heavy atom. The van der Waals surface area contributed by atoms with Crippen LogP contribution in [-0.2, 0) is 9.53 Å². The van der Waals surface area contributed by atoms with Gasteiger partial charge in [0.25, 0.3) is 5.56 Å². The molecule has 0 radical (unpaired) electrons. The van der Waals surface area contributed by atoms with E-state index in [1.165, 1.54) is 43.9 Å². The van der Waals surface area contributed by atoms with Gasteiger partial charge in [0.05, 0.1) is 29.3 Å². The van der Waals surface area contributed by atoms with Crippen molar-refractivity contribution in [1.82, 2.24) is 14.9 Å². The molecular weight excluding hydrogens is 374 g/mol. The number of methoxy groups -OCH3 is 1. The fourth-order valence-corrected chi connectivity index (χ4v) is 4.69. The number of aromatic nitrogens is 2. The van der Waals surface area contributed by atoms with Gasteiger partial charge in [-0.05, 0) is 37.8 Å². The van der Waals surface area contributed by atoms with Crippen molar-refractivity contribution in [2.45, 2.75) is 50.2 Å². The number of nitrogens with one attached hydrogen (secondary N) is 1. The van der Waals surface area contributed by atoms with Gasteiger partial charge in [-0.15, -0.1) is 0 Å². The summed E-state index contributed by atoms with van der Waals surface area (Å²) in [5, 5.41) is 4.19. The molecule has 0 saturated heterocycles. The number of rotatable bonds is 8. The van der Waals surface area contributed by atoms with Gasteiger partial charge in [0.2, 0.25) is 5.91 Å². The van der Waals surface area contributed by atoms with E-state index >= 15 is 0 Å². The number of nitrogens with zero attached hydrogens (tertiary/aromatic N) is 2. The number of para-hydroxylation sites is 1. The van der Waals surface area contributed by atoms with Crippen LogP contribution in [0.1, 0.15) is 45.1 Å². The molecule has 0 bridgehead atoms. The number of thioether (sulfide) groups is 1. The van der Waals surface area contributed by atoms with E-state index in [4.69, 9.17) is 4.74 Å². The highest BCUT2D eigenvalue weighted by Gasteiger charge is 2.18. The first-order chi connectivity index (χ1) is 13.6. The Kier molecular flexibility index (Phi) is 7.50. The van der Waals surface area contributed by atoms with Crippen LogP contribution in [-0.4, -0.2) is 41.5 Å². The molecule has 0 unspecified atom stereocenters. The lowest BCUT2D eigenvalue weighted by Crippen LogP contribution is -2.32. The van der Waals surface area contributed by atoms with Gasteiger partial charge in [-0.25, -0.2) is 4.98 Å². The third-order valence-electron chi connectivity index (χ3n) is 5.27. The standard InChI is InChI=1S/C21H29N3O3S/c1-15(13-27-2)24-20(26)17-10-6-7-11-18(17)23-21(24)28-14-19(25)22-12-16-8-4-3-5-9-16/h6-7,10-11,15-16H,3-5,8-9,12-14H2,1-2H3,(H,22,25)/t15-/m0/s1. The van der Waals surface area contributed by atoms with E-state index in [2.05, 4.69) is 10.3 Å². The van der Waals surface area contributed by atoms with E-state index in [-0.39, 0.29) is 23.3 Å². The van der Waals surface area contributed by atoms with Crippen molar-refractivity contribution < 1.29 is 9.53 Å². The lowest BCUT2D eigenvalue weighted by atomic mass is 9.89. The molecule has 1 amide bonds. The van der Waals surface area contributed by atoms with Gasteiger partial charge < -0.3 is 10.1 Å². The minimum atomic E-state index is -0.164.